The summed E-state index contributed by atoms with van der Waals surface area (Å²) < 4.78 is 4.91. The van der Waals surface area contributed by atoms with Gasteiger partial charge in [-0.2, -0.15) is 5.26 Å². The van der Waals surface area contributed by atoms with Gasteiger partial charge in [-0.15, -0.1) is 0 Å². The van der Waals surface area contributed by atoms with Gasteiger partial charge in [0.1, 0.15) is 10.8 Å². The van der Waals surface area contributed by atoms with Gasteiger partial charge in [-0.05, 0) is 90.5 Å². The summed E-state index contributed by atoms with van der Waals surface area (Å²) in [5.41, 5.74) is 4.25. The molecule has 0 aliphatic heterocycles. The number of benzene rings is 6. The molecule has 0 heterocycles. The smallest absolute Gasteiger partial charge is 0.235 e. The van der Waals surface area contributed by atoms with Crippen LogP contribution in [0.15, 0.2) is 186 Å². The maximum Gasteiger partial charge on any atom is 0.235 e. The molecule has 76 heavy (non-hydrogen) atoms. The Morgan fingerprint density at radius 2 is 1.09 bits per heavy atom. The molecule has 1 aliphatic carbocycles. The van der Waals surface area contributed by atoms with Crippen molar-refractivity contribution in [1.29, 1.82) is 5.26 Å². The summed E-state index contributed by atoms with van der Waals surface area (Å²) in [4.78, 5) is 16.9. The van der Waals surface area contributed by atoms with Gasteiger partial charge in [0.25, 0.3) is 0 Å². The van der Waals surface area contributed by atoms with Gasteiger partial charge in [-0.1, -0.05) is 263 Å². The van der Waals surface area contributed by atoms with Crippen LogP contribution in [-0.2, 0) is 30.9 Å². The van der Waals surface area contributed by atoms with Crippen LogP contribution in [0.3, 0.4) is 0 Å². The van der Waals surface area contributed by atoms with E-state index in [0.29, 0.717) is 45.4 Å². The zero-order valence-electron chi connectivity index (χ0n) is 44.2. The van der Waals surface area contributed by atoms with Gasteiger partial charge in [-0.25, -0.2) is 14.8 Å². The number of aliphatic hydroxyl groups is 3. The number of allylic oxidation sites excluding steroid dienone is 1. The summed E-state index contributed by atoms with van der Waals surface area (Å²) in [5, 5.41) is 39.3. The predicted molar refractivity (Wildman–Crippen MR) is 324 cm³/mol. The highest BCUT2D eigenvalue weighted by atomic mass is 35.5. The van der Waals surface area contributed by atoms with Crippen LogP contribution in [0.4, 0.5) is 0 Å². The number of aliphatic hydroxyl groups excluding tert-OH is 3. The SMILES string of the molecule is CCCCCC/C=C/CO.COc1cccc(Cl)c1Cl.Clc1cccc(Cl)c1.N#CCc1ccccc1.O=C=NCc1ccccc1.OC1CCCCCCCCC1.OCc1ccccc1.S=C=NCc1ccccc1. The van der Waals surface area contributed by atoms with Gasteiger partial charge in [0.2, 0.25) is 6.08 Å². The first-order valence-electron chi connectivity index (χ1n) is 25.6. The summed E-state index contributed by atoms with van der Waals surface area (Å²) in [6.45, 7) is 3.62. The van der Waals surface area contributed by atoms with Gasteiger partial charge in [0.05, 0.1) is 62.2 Å². The van der Waals surface area contributed by atoms with Crippen LogP contribution < -0.4 is 4.74 Å². The lowest BCUT2D eigenvalue weighted by molar-refractivity contribution is 0.145. The quantitative estimate of drug-likeness (QED) is 0.0344. The first kappa shape index (κ1) is 70.6. The van der Waals surface area contributed by atoms with Crippen molar-refractivity contribution in [3.05, 3.63) is 218 Å². The molecular formula is C63H77Cl4N3O5S. The van der Waals surface area contributed by atoms with Crippen molar-refractivity contribution in [3.63, 3.8) is 0 Å². The minimum atomic E-state index is 0.00750. The van der Waals surface area contributed by atoms with E-state index >= 15 is 0 Å². The Labute approximate surface area is 479 Å². The Morgan fingerprint density at radius 1 is 0.618 bits per heavy atom. The number of nitriles is 1. The van der Waals surface area contributed by atoms with Crippen LogP contribution in [0.25, 0.3) is 0 Å². The van der Waals surface area contributed by atoms with Crippen molar-refractivity contribution in [3.8, 4) is 11.8 Å². The zero-order chi connectivity index (χ0) is 56.0. The van der Waals surface area contributed by atoms with E-state index in [-0.39, 0.29) is 19.3 Å². The predicted octanol–water partition coefficient (Wildman–Crippen LogP) is 18.1. The topological polar surface area (TPSA) is 136 Å². The molecule has 1 saturated carbocycles. The van der Waals surface area contributed by atoms with Crippen LogP contribution in [0.1, 0.15) is 119 Å². The van der Waals surface area contributed by atoms with Gasteiger partial charge >= 0.3 is 0 Å². The second-order valence-electron chi connectivity index (χ2n) is 16.7. The fourth-order valence-electron chi connectivity index (χ4n) is 6.46. The number of aliphatic imine (C=N–C) groups is 2. The standard InChI is InChI=1S/C10H20O.C9H18O.C8H7NO.C8H7NS.C8H7N.C7H6Cl2O.C7H8O.C6H4Cl2/c11-10-8-6-4-2-1-3-5-7-9-10;1-2-3-4-5-6-7-8-9-10;2*10-7-9-6-8-4-2-1-3-5-8;9-7-6-8-4-2-1-3-5-8;1-10-6-4-2-3-5(8)7(6)9;8-6-7-4-2-1-3-5-7;7-5-2-1-3-6(8)4-5/h10-11H,1-9H2;7-8,10H,2-6,9H2,1H3;2*1-5H,6H2;1-5H,6H2;2-4H,1H3;1-5,8H,6H2;1-4H/b;8-7+;;;;;;. The number of hydrogen-bond acceptors (Lipinski definition) is 9. The molecule has 408 valence electrons. The number of ether oxygens (including phenoxy) is 1. The molecule has 0 unspecified atom stereocenters. The molecule has 0 saturated heterocycles. The minimum Gasteiger partial charge on any atom is -0.495 e. The number of thiocarbonyl (C=S) groups is 1. The molecule has 6 aromatic carbocycles. The lowest BCUT2D eigenvalue weighted by Crippen LogP contribution is -2.06. The van der Waals surface area contributed by atoms with Gasteiger partial charge in [-0.3, -0.25) is 0 Å². The number of methoxy groups -OCH3 is 1. The first-order valence-corrected chi connectivity index (χ1v) is 27.5. The van der Waals surface area contributed by atoms with Crippen molar-refractivity contribution in [1.82, 2.24) is 0 Å². The molecule has 0 atom stereocenters. The van der Waals surface area contributed by atoms with Crippen molar-refractivity contribution >= 4 is 69.9 Å². The molecular weight excluding hydrogens is 1050 g/mol. The van der Waals surface area contributed by atoms with Crippen molar-refractivity contribution in [2.75, 3.05) is 13.7 Å². The second kappa shape index (κ2) is 53.0. The molecule has 8 nitrogen and oxygen atoms in total. The average molecular weight is 1130 g/mol. The van der Waals surface area contributed by atoms with Gasteiger partial charge in [0.15, 0.2) is 0 Å². The number of unbranched alkanes of at least 4 members (excludes halogenated alkanes) is 4. The summed E-state index contributed by atoms with van der Waals surface area (Å²) in [7, 11) is 1.55. The number of carbonyl (C=O) groups excluding carboxylic acids is 1. The van der Waals surface area contributed by atoms with Crippen molar-refractivity contribution < 1.29 is 24.9 Å². The molecule has 0 aromatic heterocycles. The van der Waals surface area contributed by atoms with E-state index in [1.54, 1.807) is 43.5 Å². The highest BCUT2D eigenvalue weighted by Gasteiger charge is 2.05. The molecule has 0 radical (unpaired) electrons. The van der Waals surface area contributed by atoms with E-state index in [9.17, 15) is 9.90 Å². The average Bonchev–Trinajstić information content (AvgIpc) is 3.45. The third kappa shape index (κ3) is 43.8. The monoisotopic (exact) mass is 1130 g/mol. The summed E-state index contributed by atoms with van der Waals surface area (Å²) in [6.07, 6.45) is 23.6. The molecule has 0 amide bonds. The molecule has 7 rings (SSSR count). The van der Waals surface area contributed by atoms with Crippen LogP contribution >= 0.6 is 58.6 Å². The van der Waals surface area contributed by atoms with Gasteiger partial charge < -0.3 is 20.1 Å². The van der Waals surface area contributed by atoms with Crippen LogP contribution in [0.2, 0.25) is 20.1 Å². The first-order chi connectivity index (χ1) is 37.1. The Kier molecular flexibility index (Phi) is 49.2. The molecule has 3 N–H and O–H groups in total. The summed E-state index contributed by atoms with van der Waals surface area (Å²) in [5.74, 6) is 0.606. The Hall–Kier alpha value is -5.43. The molecule has 13 heteroatoms. The fraction of sp³-hybridized carbons (Fsp3) is 0.349. The summed E-state index contributed by atoms with van der Waals surface area (Å²) in [6, 6.07) is 53.2. The third-order valence-electron chi connectivity index (χ3n) is 10.5. The molecule has 0 spiro atoms. The number of isothiocyanates is 1. The lowest BCUT2D eigenvalue weighted by Gasteiger charge is -2.12. The lowest BCUT2D eigenvalue weighted by atomic mass is 9.99. The highest BCUT2D eigenvalue weighted by Crippen LogP contribution is 2.30. The van der Waals surface area contributed by atoms with Crippen LogP contribution in [0, 0.1) is 11.3 Å². The van der Waals surface area contributed by atoms with E-state index in [1.165, 1.54) is 82.3 Å². The number of isocyanates is 1. The third-order valence-corrected chi connectivity index (χ3v) is 11.9. The fourth-order valence-corrected chi connectivity index (χ4v) is 7.33. The number of hydrogen-bond donors (Lipinski definition) is 3. The van der Waals surface area contributed by atoms with E-state index < -0.39 is 0 Å². The largest absolute Gasteiger partial charge is 0.495 e. The molecule has 1 aliphatic rings. The Bertz CT molecular complexity index is 2350. The summed E-state index contributed by atoms with van der Waals surface area (Å²) >= 11 is 27.0. The van der Waals surface area contributed by atoms with E-state index in [1.807, 2.05) is 133 Å². The zero-order valence-corrected chi connectivity index (χ0v) is 48.0. The normalized spacial score (nSPS) is 11.4. The van der Waals surface area contributed by atoms with Gasteiger partial charge in [0, 0.05) is 10.0 Å². The maximum atomic E-state index is 9.69. The van der Waals surface area contributed by atoms with E-state index in [2.05, 4.69) is 46.4 Å². The molecule has 6 aromatic rings. The number of halogens is 4. The Morgan fingerprint density at radius 3 is 1.49 bits per heavy atom. The van der Waals surface area contributed by atoms with Crippen LogP contribution in [-0.4, -0.2) is 46.4 Å². The Balaban J connectivity index is 0.000000847. The maximum absolute atomic E-state index is 9.69. The van der Waals surface area contributed by atoms with Crippen LogP contribution in [0.5, 0.6) is 5.75 Å². The second-order valence-corrected chi connectivity index (χ2v) is 18.5. The number of rotatable bonds is 13. The van der Waals surface area contributed by atoms with Crippen molar-refractivity contribution in [2.24, 2.45) is 9.98 Å². The molecule has 1 fully saturated rings. The molecule has 0 bridgehead atoms. The highest BCUT2D eigenvalue weighted by molar-refractivity contribution is 7.78. The van der Waals surface area contributed by atoms with E-state index in [0.717, 1.165) is 36.0 Å². The van der Waals surface area contributed by atoms with E-state index in [4.69, 9.17) is 66.6 Å². The van der Waals surface area contributed by atoms with Crippen molar-refractivity contribution in [2.45, 2.75) is 129 Å². The minimum absolute atomic E-state index is 0.00750. The number of nitrogens with zero attached hydrogens (tertiary/aromatic N) is 3.